The third-order valence-electron chi connectivity index (χ3n) is 6.35. The minimum absolute atomic E-state index is 0.0702. The molecule has 1 aromatic heterocycles. The maximum atomic E-state index is 13.4. The Balaban J connectivity index is 1.60. The molecule has 172 valence electrons. The van der Waals surface area contributed by atoms with Crippen LogP contribution in [-0.4, -0.2) is 31.5 Å². The van der Waals surface area contributed by atoms with Gasteiger partial charge < -0.3 is 15.0 Å². The van der Waals surface area contributed by atoms with Crippen LogP contribution >= 0.6 is 0 Å². The number of hydrogen-bond acceptors (Lipinski definition) is 7. The third kappa shape index (κ3) is 3.21. The molecule has 1 aliphatic heterocycles. The first-order chi connectivity index (χ1) is 16.3. The van der Waals surface area contributed by atoms with Crippen molar-refractivity contribution < 1.29 is 18.1 Å². The van der Waals surface area contributed by atoms with E-state index in [-0.39, 0.29) is 15.5 Å². The van der Waals surface area contributed by atoms with Gasteiger partial charge in [-0.05, 0) is 37.6 Å². The third-order valence-corrected chi connectivity index (χ3v) is 8.20. The van der Waals surface area contributed by atoms with E-state index in [4.69, 9.17) is 4.52 Å². The highest BCUT2D eigenvalue weighted by atomic mass is 32.2. The van der Waals surface area contributed by atoms with E-state index in [0.29, 0.717) is 28.1 Å². The van der Waals surface area contributed by atoms with Crippen molar-refractivity contribution in [3.05, 3.63) is 95.2 Å². The molecule has 4 aromatic rings. The molecule has 0 saturated carbocycles. The number of fused-ring (bicyclic) bond motifs is 2. The monoisotopic (exact) mass is 473 g/mol. The van der Waals surface area contributed by atoms with Crippen molar-refractivity contribution in [2.45, 2.75) is 29.1 Å². The summed E-state index contributed by atoms with van der Waals surface area (Å²) < 4.78 is 32.5. The molecule has 0 radical (unpaired) electrons. The van der Waals surface area contributed by atoms with Crippen LogP contribution in [-0.2, 0) is 15.3 Å². The van der Waals surface area contributed by atoms with Gasteiger partial charge in [0.1, 0.15) is 17.2 Å². The molecule has 2 N–H and O–H groups in total. The number of nitrogens with one attached hydrogen (secondary N) is 1. The first kappa shape index (κ1) is 21.9. The highest BCUT2D eigenvalue weighted by Crippen LogP contribution is 2.39. The second-order valence-electron chi connectivity index (χ2n) is 8.66. The van der Waals surface area contributed by atoms with Crippen LogP contribution in [0.2, 0.25) is 0 Å². The number of hydrogen-bond donors (Lipinski definition) is 2. The first-order valence-corrected chi connectivity index (χ1v) is 12.2. The fraction of sp³-hybridized carbons (Fsp3) is 0.154. The molecule has 34 heavy (non-hydrogen) atoms. The maximum Gasteiger partial charge on any atom is 0.207 e. The van der Waals surface area contributed by atoms with Gasteiger partial charge in [0.15, 0.2) is 0 Å². The van der Waals surface area contributed by atoms with Crippen molar-refractivity contribution in [2.24, 2.45) is 5.16 Å². The second kappa shape index (κ2) is 7.85. The van der Waals surface area contributed by atoms with E-state index in [0.717, 1.165) is 11.3 Å². The van der Waals surface area contributed by atoms with Crippen LogP contribution in [0, 0.1) is 0 Å². The molecular formula is C26H23N3O4S. The molecule has 0 fully saturated rings. The van der Waals surface area contributed by atoms with Crippen LogP contribution in [0.25, 0.3) is 11.3 Å². The largest absolute Gasteiger partial charge is 0.410 e. The highest BCUT2D eigenvalue weighted by molar-refractivity contribution is 7.91. The molecule has 3 aromatic carbocycles. The van der Waals surface area contributed by atoms with Crippen LogP contribution < -0.4 is 5.32 Å². The molecule has 0 aliphatic carbocycles. The number of nitrogens with zero attached hydrogens (tertiary/aromatic N) is 2. The maximum absolute atomic E-state index is 13.4. The summed E-state index contributed by atoms with van der Waals surface area (Å²) in [6.45, 7) is 4.09. The van der Waals surface area contributed by atoms with Crippen LogP contribution in [0.3, 0.4) is 0 Å². The van der Waals surface area contributed by atoms with Gasteiger partial charge in [0.2, 0.25) is 9.84 Å². The van der Waals surface area contributed by atoms with Crippen LogP contribution in [0.4, 0.5) is 5.69 Å². The van der Waals surface area contributed by atoms with Gasteiger partial charge in [-0.25, -0.2) is 8.42 Å². The summed E-state index contributed by atoms with van der Waals surface area (Å²) in [5.74, 6) is 0.647. The first-order valence-electron chi connectivity index (χ1n) is 10.7. The number of para-hydroxylation sites is 1. The molecule has 0 saturated heterocycles. The Morgan fingerprint density at radius 2 is 1.65 bits per heavy atom. The van der Waals surface area contributed by atoms with Gasteiger partial charge in [0.05, 0.1) is 15.2 Å². The predicted octanol–water partition coefficient (Wildman–Crippen LogP) is 5.08. The molecule has 0 atom stereocenters. The van der Waals surface area contributed by atoms with E-state index in [1.54, 1.807) is 36.4 Å². The van der Waals surface area contributed by atoms with Gasteiger partial charge in [-0.3, -0.25) is 0 Å². The standard InChI is InChI=1S/C26H23N3O4S/c1-26(2,19-9-5-6-10-20(19)27-3)24-15-21(29-33-24)16-12-13-18-23(14-16)34(31,32)22-11-7-4-8-17(22)25(18)28-30/h4-15,27,30H,1-3H3/b28-25-. The fourth-order valence-electron chi connectivity index (χ4n) is 4.45. The molecule has 0 unspecified atom stereocenters. The van der Waals surface area contributed by atoms with Gasteiger partial charge in [-0.2, -0.15) is 0 Å². The van der Waals surface area contributed by atoms with E-state index in [1.165, 1.54) is 6.07 Å². The van der Waals surface area contributed by atoms with E-state index in [2.05, 4.69) is 15.6 Å². The zero-order valence-corrected chi connectivity index (χ0v) is 19.7. The summed E-state index contributed by atoms with van der Waals surface area (Å²) >= 11 is 0. The normalized spacial score (nSPS) is 15.6. The molecule has 2 heterocycles. The zero-order valence-electron chi connectivity index (χ0n) is 18.9. The molecule has 7 nitrogen and oxygen atoms in total. The average molecular weight is 474 g/mol. The predicted molar refractivity (Wildman–Crippen MR) is 129 cm³/mol. The van der Waals surface area contributed by atoms with Crippen LogP contribution in [0.1, 0.15) is 36.3 Å². The number of oxime groups is 1. The summed E-state index contributed by atoms with van der Waals surface area (Å²) in [6, 6.07) is 21.3. The Hall–Kier alpha value is -3.91. The smallest absolute Gasteiger partial charge is 0.207 e. The van der Waals surface area contributed by atoms with Gasteiger partial charge in [-0.1, -0.05) is 58.8 Å². The number of sulfone groups is 1. The SMILES string of the molecule is CNc1ccccc1C(C)(C)c1cc(-c2ccc3c(c2)S(=O)(=O)c2ccccc2/C3=N/O)no1. The Morgan fingerprint density at radius 3 is 2.41 bits per heavy atom. The lowest BCUT2D eigenvalue weighted by Gasteiger charge is -2.24. The van der Waals surface area contributed by atoms with Crippen molar-refractivity contribution in [1.29, 1.82) is 0 Å². The zero-order chi connectivity index (χ0) is 24.1. The summed E-state index contributed by atoms with van der Waals surface area (Å²) in [7, 11) is -1.94. The van der Waals surface area contributed by atoms with E-state index in [9.17, 15) is 13.6 Å². The molecule has 0 amide bonds. The molecule has 1 aliphatic rings. The summed E-state index contributed by atoms with van der Waals surface area (Å²) in [5, 5.41) is 20.5. The Morgan fingerprint density at radius 1 is 0.941 bits per heavy atom. The van der Waals surface area contributed by atoms with Crippen molar-refractivity contribution in [1.82, 2.24) is 5.16 Å². The van der Waals surface area contributed by atoms with Crippen molar-refractivity contribution >= 4 is 21.2 Å². The summed E-state index contributed by atoms with van der Waals surface area (Å²) in [5.41, 5.74) is 3.60. The van der Waals surface area contributed by atoms with Crippen LogP contribution in [0.15, 0.2) is 92.3 Å². The van der Waals surface area contributed by atoms with Gasteiger partial charge in [-0.15, -0.1) is 0 Å². The van der Waals surface area contributed by atoms with Crippen molar-refractivity contribution in [3.63, 3.8) is 0 Å². The molecule has 0 spiro atoms. The number of rotatable bonds is 4. The highest BCUT2D eigenvalue weighted by Gasteiger charge is 2.35. The van der Waals surface area contributed by atoms with Gasteiger partial charge in [0.25, 0.3) is 0 Å². The summed E-state index contributed by atoms with van der Waals surface area (Å²) in [6.07, 6.45) is 0. The number of benzene rings is 3. The van der Waals surface area contributed by atoms with Crippen molar-refractivity contribution in [2.75, 3.05) is 12.4 Å². The van der Waals surface area contributed by atoms with Gasteiger partial charge >= 0.3 is 0 Å². The number of aromatic nitrogens is 1. The van der Waals surface area contributed by atoms with E-state index >= 15 is 0 Å². The minimum Gasteiger partial charge on any atom is -0.410 e. The Bertz CT molecular complexity index is 1550. The Labute approximate surface area is 197 Å². The van der Waals surface area contributed by atoms with Crippen LogP contribution in [0.5, 0.6) is 0 Å². The van der Waals surface area contributed by atoms with E-state index in [1.807, 2.05) is 51.2 Å². The van der Waals surface area contributed by atoms with Gasteiger partial charge in [0, 0.05) is 35.5 Å². The molecular weight excluding hydrogens is 450 g/mol. The minimum atomic E-state index is -3.81. The topological polar surface area (TPSA) is 105 Å². The Kier molecular flexibility index (Phi) is 5.06. The fourth-order valence-corrected chi connectivity index (χ4v) is 6.14. The summed E-state index contributed by atoms with van der Waals surface area (Å²) in [4.78, 5) is 0.180. The second-order valence-corrected chi connectivity index (χ2v) is 10.5. The quantitative estimate of drug-likeness (QED) is 0.279. The van der Waals surface area contributed by atoms with E-state index < -0.39 is 15.3 Å². The lowest BCUT2D eigenvalue weighted by molar-refractivity contribution is 0.319. The molecule has 5 rings (SSSR count). The molecule has 8 heteroatoms. The average Bonchev–Trinajstić information content (AvgIpc) is 3.36. The van der Waals surface area contributed by atoms with Crippen molar-refractivity contribution in [3.8, 4) is 11.3 Å². The lowest BCUT2D eigenvalue weighted by Crippen LogP contribution is -2.21. The number of anilines is 1. The lowest BCUT2D eigenvalue weighted by atomic mass is 9.81. The molecule has 0 bridgehead atoms.